The van der Waals surface area contributed by atoms with Crippen molar-refractivity contribution in [3.8, 4) is 6.07 Å². The Morgan fingerprint density at radius 1 is 1.31 bits per heavy atom. The molecule has 0 aromatic carbocycles. The van der Waals surface area contributed by atoms with Gasteiger partial charge in [0.15, 0.2) is 0 Å². The van der Waals surface area contributed by atoms with Crippen molar-refractivity contribution >= 4 is 11.3 Å². The lowest BCUT2D eigenvalue weighted by molar-refractivity contribution is 0.634. The molecule has 0 amide bonds. The number of hydrogen-bond acceptors (Lipinski definition) is 3. The van der Waals surface area contributed by atoms with Crippen LogP contribution in [-0.2, 0) is 12.8 Å². The van der Waals surface area contributed by atoms with Gasteiger partial charge in [0.2, 0.25) is 0 Å². The molecule has 0 bridgehead atoms. The van der Waals surface area contributed by atoms with Gasteiger partial charge < -0.3 is 0 Å². The van der Waals surface area contributed by atoms with Gasteiger partial charge in [-0.15, -0.1) is 11.3 Å². The van der Waals surface area contributed by atoms with Crippen molar-refractivity contribution in [1.29, 1.82) is 5.26 Å². The average Bonchev–Trinajstić information content (AvgIpc) is 2.65. The van der Waals surface area contributed by atoms with Crippen molar-refractivity contribution in [1.82, 2.24) is 4.98 Å². The highest BCUT2D eigenvalue weighted by Gasteiger charge is 2.15. The van der Waals surface area contributed by atoms with E-state index in [1.54, 1.807) is 11.3 Å². The molecule has 0 aliphatic heterocycles. The summed E-state index contributed by atoms with van der Waals surface area (Å²) in [5.74, 6) is 0.577. The first-order chi connectivity index (χ1) is 7.76. The zero-order chi connectivity index (χ0) is 12.0. The van der Waals surface area contributed by atoms with Gasteiger partial charge in [0, 0.05) is 10.8 Å². The SMILES string of the molecule is CCCc1nc(C(CC)CC)sc1CC#N. The first kappa shape index (κ1) is 13.2. The van der Waals surface area contributed by atoms with E-state index in [1.165, 1.54) is 9.88 Å². The van der Waals surface area contributed by atoms with Gasteiger partial charge in [0.05, 0.1) is 23.2 Å². The Morgan fingerprint density at radius 2 is 2.00 bits per heavy atom. The van der Waals surface area contributed by atoms with Gasteiger partial charge in [-0.2, -0.15) is 5.26 Å². The molecule has 0 aliphatic rings. The summed E-state index contributed by atoms with van der Waals surface area (Å²) in [7, 11) is 0. The standard InChI is InChI=1S/C13H20N2S/c1-4-7-11-12(8-9-14)16-13(15-11)10(5-2)6-3/h10H,4-8H2,1-3H3. The molecule has 1 heterocycles. The molecule has 0 spiro atoms. The van der Waals surface area contributed by atoms with E-state index in [1.807, 2.05) is 0 Å². The maximum Gasteiger partial charge on any atom is 0.0962 e. The largest absolute Gasteiger partial charge is 0.246 e. The van der Waals surface area contributed by atoms with E-state index >= 15 is 0 Å². The molecule has 0 saturated heterocycles. The first-order valence-electron chi connectivity index (χ1n) is 6.12. The number of aromatic nitrogens is 1. The van der Waals surface area contributed by atoms with Crippen molar-refractivity contribution in [3.05, 3.63) is 15.6 Å². The van der Waals surface area contributed by atoms with Crippen LogP contribution in [0.2, 0.25) is 0 Å². The predicted octanol–water partition coefficient (Wildman–Crippen LogP) is 4.07. The zero-order valence-corrected chi connectivity index (χ0v) is 11.2. The topological polar surface area (TPSA) is 36.7 Å². The lowest BCUT2D eigenvalue weighted by Gasteiger charge is -2.06. The minimum atomic E-state index is 0.521. The number of rotatable bonds is 6. The summed E-state index contributed by atoms with van der Waals surface area (Å²) in [5, 5.41) is 10.0. The van der Waals surface area contributed by atoms with Crippen molar-refractivity contribution < 1.29 is 0 Å². The zero-order valence-electron chi connectivity index (χ0n) is 10.4. The molecule has 2 nitrogen and oxygen atoms in total. The molecule has 0 unspecified atom stereocenters. The number of nitriles is 1. The molecule has 3 heteroatoms. The Hall–Kier alpha value is -0.880. The Kier molecular flexibility index (Phi) is 5.48. The third-order valence-corrected chi connectivity index (χ3v) is 4.12. The van der Waals surface area contributed by atoms with Crippen LogP contribution in [0.25, 0.3) is 0 Å². The molecule has 0 N–H and O–H groups in total. The maximum absolute atomic E-state index is 8.80. The van der Waals surface area contributed by atoms with Crippen molar-refractivity contribution in [2.75, 3.05) is 0 Å². The molecular formula is C13H20N2S. The molecule has 0 atom stereocenters. The summed E-state index contributed by atoms with van der Waals surface area (Å²) in [6.45, 7) is 6.57. The number of hydrogen-bond donors (Lipinski definition) is 0. The molecule has 1 rings (SSSR count). The monoisotopic (exact) mass is 236 g/mol. The fourth-order valence-electron chi connectivity index (χ4n) is 1.86. The van der Waals surface area contributed by atoms with E-state index < -0.39 is 0 Å². The van der Waals surface area contributed by atoms with Crippen molar-refractivity contribution in [2.45, 2.75) is 58.8 Å². The third kappa shape index (κ3) is 3.05. The molecule has 0 radical (unpaired) electrons. The molecule has 0 saturated carbocycles. The summed E-state index contributed by atoms with van der Waals surface area (Å²) in [4.78, 5) is 5.91. The molecular weight excluding hydrogens is 216 g/mol. The van der Waals surface area contributed by atoms with Crippen LogP contribution in [-0.4, -0.2) is 4.98 Å². The lowest BCUT2D eigenvalue weighted by Crippen LogP contribution is -1.95. The Balaban J connectivity index is 2.95. The molecule has 16 heavy (non-hydrogen) atoms. The highest BCUT2D eigenvalue weighted by molar-refractivity contribution is 7.11. The van der Waals surface area contributed by atoms with E-state index in [-0.39, 0.29) is 0 Å². The van der Waals surface area contributed by atoms with Crippen molar-refractivity contribution in [3.63, 3.8) is 0 Å². The Morgan fingerprint density at radius 3 is 2.50 bits per heavy atom. The number of nitrogens with zero attached hydrogens (tertiary/aromatic N) is 2. The lowest BCUT2D eigenvalue weighted by atomic mass is 10.1. The van der Waals surface area contributed by atoms with Gasteiger partial charge in [-0.25, -0.2) is 4.98 Å². The maximum atomic E-state index is 8.80. The number of aryl methyl sites for hydroxylation is 1. The van der Waals surface area contributed by atoms with Gasteiger partial charge >= 0.3 is 0 Å². The van der Waals surface area contributed by atoms with E-state index in [2.05, 4.69) is 26.8 Å². The predicted molar refractivity (Wildman–Crippen MR) is 68.7 cm³/mol. The normalized spacial score (nSPS) is 10.7. The van der Waals surface area contributed by atoms with Gasteiger partial charge in [-0.3, -0.25) is 0 Å². The van der Waals surface area contributed by atoms with Crippen LogP contribution in [0.4, 0.5) is 0 Å². The van der Waals surface area contributed by atoms with Crippen LogP contribution in [0, 0.1) is 11.3 Å². The van der Waals surface area contributed by atoms with Crippen molar-refractivity contribution in [2.24, 2.45) is 0 Å². The Labute approximate surface area is 102 Å². The van der Waals surface area contributed by atoms with Crippen LogP contribution in [0.5, 0.6) is 0 Å². The van der Waals surface area contributed by atoms with Crippen LogP contribution in [0.1, 0.15) is 61.5 Å². The average molecular weight is 236 g/mol. The summed E-state index contributed by atoms with van der Waals surface area (Å²) in [6.07, 6.45) is 4.91. The molecule has 1 aromatic heterocycles. The van der Waals surface area contributed by atoms with Gasteiger partial charge in [-0.05, 0) is 19.3 Å². The van der Waals surface area contributed by atoms with E-state index in [0.717, 1.165) is 31.4 Å². The second-order valence-corrected chi connectivity index (χ2v) is 5.14. The third-order valence-electron chi connectivity index (χ3n) is 2.86. The minimum absolute atomic E-state index is 0.521. The minimum Gasteiger partial charge on any atom is -0.246 e. The van der Waals surface area contributed by atoms with E-state index in [0.29, 0.717) is 12.3 Å². The fourth-order valence-corrected chi connectivity index (χ4v) is 3.17. The second kappa shape index (κ2) is 6.65. The second-order valence-electron chi connectivity index (χ2n) is 4.02. The van der Waals surface area contributed by atoms with Gasteiger partial charge in [0.1, 0.15) is 0 Å². The van der Waals surface area contributed by atoms with E-state index in [4.69, 9.17) is 10.2 Å². The summed E-state index contributed by atoms with van der Waals surface area (Å²) >= 11 is 1.75. The summed E-state index contributed by atoms with van der Waals surface area (Å²) < 4.78 is 0. The fraction of sp³-hybridized carbons (Fsp3) is 0.692. The number of thiazole rings is 1. The van der Waals surface area contributed by atoms with Crippen LogP contribution >= 0.6 is 11.3 Å². The van der Waals surface area contributed by atoms with Crippen LogP contribution in [0.3, 0.4) is 0 Å². The molecule has 0 aliphatic carbocycles. The molecule has 1 aromatic rings. The van der Waals surface area contributed by atoms with Gasteiger partial charge in [-0.1, -0.05) is 27.2 Å². The van der Waals surface area contributed by atoms with Crippen LogP contribution < -0.4 is 0 Å². The van der Waals surface area contributed by atoms with Crippen LogP contribution in [0.15, 0.2) is 0 Å². The highest BCUT2D eigenvalue weighted by atomic mass is 32.1. The smallest absolute Gasteiger partial charge is 0.0962 e. The first-order valence-corrected chi connectivity index (χ1v) is 6.93. The Bertz CT molecular complexity index is 358. The molecule has 0 fully saturated rings. The summed E-state index contributed by atoms with van der Waals surface area (Å²) in [6, 6.07) is 2.24. The quantitative estimate of drug-likeness (QED) is 0.746. The van der Waals surface area contributed by atoms with E-state index in [9.17, 15) is 0 Å². The highest BCUT2D eigenvalue weighted by Crippen LogP contribution is 2.30. The summed E-state index contributed by atoms with van der Waals surface area (Å²) in [5.41, 5.74) is 1.16. The van der Waals surface area contributed by atoms with Gasteiger partial charge in [0.25, 0.3) is 0 Å². The molecule has 88 valence electrons.